The minimum absolute atomic E-state index is 0.165. The molecule has 6 amide bonds. The summed E-state index contributed by atoms with van der Waals surface area (Å²) in [5.74, 6) is -2.09. The van der Waals surface area contributed by atoms with E-state index in [1.54, 1.807) is 20.9 Å². The molecular formula is C18H28N4O6. The number of imide groups is 2. The maximum atomic E-state index is 12.8. The SMILES string of the molecule is CC(C)NC(=O)NC(=O)[C@@H](C)OC(=O)CN1C(=O)N(C)C2(CCCCC2)C1=O. The summed E-state index contributed by atoms with van der Waals surface area (Å²) in [5, 5.41) is 4.53. The Hall–Kier alpha value is -2.65. The molecular weight excluding hydrogens is 368 g/mol. The zero-order valence-corrected chi connectivity index (χ0v) is 16.7. The number of ether oxygens (including phenoxy) is 1. The zero-order valence-electron chi connectivity index (χ0n) is 16.7. The summed E-state index contributed by atoms with van der Waals surface area (Å²) in [5.41, 5.74) is -0.881. The van der Waals surface area contributed by atoms with Gasteiger partial charge in [-0.05, 0) is 33.6 Å². The Kier molecular flexibility index (Phi) is 6.63. The molecule has 0 radical (unpaired) electrons. The Morgan fingerprint density at radius 3 is 2.29 bits per heavy atom. The summed E-state index contributed by atoms with van der Waals surface area (Å²) in [6.07, 6.45) is 2.59. The van der Waals surface area contributed by atoms with Gasteiger partial charge in [0.1, 0.15) is 12.1 Å². The average Bonchev–Trinajstić information content (AvgIpc) is 2.78. The second kappa shape index (κ2) is 8.57. The van der Waals surface area contributed by atoms with Crippen LogP contribution < -0.4 is 10.6 Å². The molecule has 10 heteroatoms. The molecule has 0 aromatic carbocycles. The first-order valence-corrected chi connectivity index (χ1v) is 9.49. The largest absolute Gasteiger partial charge is 0.451 e. The molecule has 28 heavy (non-hydrogen) atoms. The predicted molar refractivity (Wildman–Crippen MR) is 98.1 cm³/mol. The number of likely N-dealkylation sites (N-methyl/N-ethyl adjacent to an activating group) is 1. The van der Waals surface area contributed by atoms with Crippen molar-refractivity contribution in [3.63, 3.8) is 0 Å². The summed E-state index contributed by atoms with van der Waals surface area (Å²) in [6, 6.07) is -1.41. The van der Waals surface area contributed by atoms with Gasteiger partial charge in [-0.15, -0.1) is 0 Å². The zero-order chi connectivity index (χ0) is 21.1. The van der Waals surface area contributed by atoms with E-state index in [2.05, 4.69) is 10.6 Å². The van der Waals surface area contributed by atoms with Crippen molar-refractivity contribution in [1.29, 1.82) is 0 Å². The minimum Gasteiger partial charge on any atom is -0.451 e. The first kappa shape index (κ1) is 21.6. The normalized spacial score (nSPS) is 19.8. The Labute approximate surface area is 163 Å². The maximum Gasteiger partial charge on any atom is 0.327 e. The number of carbonyl (C=O) groups excluding carboxylic acids is 5. The van der Waals surface area contributed by atoms with Crippen molar-refractivity contribution in [2.24, 2.45) is 0 Å². The lowest BCUT2D eigenvalue weighted by atomic mass is 9.81. The van der Waals surface area contributed by atoms with Crippen molar-refractivity contribution >= 4 is 29.8 Å². The smallest absolute Gasteiger partial charge is 0.327 e. The van der Waals surface area contributed by atoms with Crippen LogP contribution in [0.3, 0.4) is 0 Å². The summed E-state index contributed by atoms with van der Waals surface area (Å²) >= 11 is 0. The topological polar surface area (TPSA) is 125 Å². The number of hydrogen-bond acceptors (Lipinski definition) is 6. The summed E-state index contributed by atoms with van der Waals surface area (Å²) in [4.78, 5) is 63.2. The third-order valence-corrected chi connectivity index (χ3v) is 5.11. The van der Waals surface area contributed by atoms with E-state index in [4.69, 9.17) is 4.74 Å². The fourth-order valence-electron chi connectivity index (χ4n) is 3.60. The molecule has 1 aliphatic heterocycles. The molecule has 1 spiro atoms. The standard InChI is InChI=1S/C18H28N4O6/c1-11(2)19-16(26)20-14(24)12(3)28-13(23)10-22-15(25)18(21(4)17(22)27)8-6-5-7-9-18/h11-12H,5-10H2,1-4H3,(H2,19,20,24,26)/t12-/m1/s1. The highest BCUT2D eigenvalue weighted by Gasteiger charge is 2.56. The third-order valence-electron chi connectivity index (χ3n) is 5.11. The Morgan fingerprint density at radius 2 is 1.71 bits per heavy atom. The molecule has 10 nitrogen and oxygen atoms in total. The van der Waals surface area contributed by atoms with Crippen LogP contribution in [-0.4, -0.2) is 70.9 Å². The third kappa shape index (κ3) is 4.42. The van der Waals surface area contributed by atoms with E-state index in [-0.39, 0.29) is 6.04 Å². The number of rotatable bonds is 5. The van der Waals surface area contributed by atoms with Gasteiger partial charge in [0.05, 0.1) is 0 Å². The van der Waals surface area contributed by atoms with E-state index in [1.807, 2.05) is 0 Å². The van der Waals surface area contributed by atoms with Crippen molar-refractivity contribution in [1.82, 2.24) is 20.4 Å². The van der Waals surface area contributed by atoms with E-state index in [0.717, 1.165) is 24.2 Å². The number of nitrogens with one attached hydrogen (secondary N) is 2. The fraction of sp³-hybridized carbons (Fsp3) is 0.722. The second-order valence-electron chi connectivity index (χ2n) is 7.57. The van der Waals surface area contributed by atoms with Crippen LogP contribution in [0.5, 0.6) is 0 Å². The highest BCUT2D eigenvalue weighted by atomic mass is 16.5. The molecule has 1 saturated carbocycles. The van der Waals surface area contributed by atoms with Crippen LogP contribution in [0.1, 0.15) is 52.9 Å². The van der Waals surface area contributed by atoms with Gasteiger partial charge >= 0.3 is 18.0 Å². The minimum atomic E-state index is -1.25. The van der Waals surface area contributed by atoms with Crippen LogP contribution in [0.4, 0.5) is 9.59 Å². The number of nitrogens with zero attached hydrogens (tertiary/aromatic N) is 2. The van der Waals surface area contributed by atoms with Gasteiger partial charge in [-0.1, -0.05) is 19.3 Å². The molecule has 1 atom stereocenters. The van der Waals surface area contributed by atoms with Crippen molar-refractivity contribution in [2.75, 3.05) is 13.6 Å². The molecule has 1 aliphatic carbocycles. The molecule has 0 aromatic heterocycles. The average molecular weight is 396 g/mol. The van der Waals surface area contributed by atoms with E-state index in [1.165, 1.54) is 11.8 Å². The fourth-order valence-corrected chi connectivity index (χ4v) is 3.60. The second-order valence-corrected chi connectivity index (χ2v) is 7.57. The van der Waals surface area contributed by atoms with Crippen LogP contribution in [-0.2, 0) is 19.1 Å². The maximum absolute atomic E-state index is 12.8. The van der Waals surface area contributed by atoms with Crippen LogP contribution in [0.15, 0.2) is 0 Å². The lowest BCUT2D eigenvalue weighted by Gasteiger charge is -2.35. The van der Waals surface area contributed by atoms with Gasteiger partial charge in [0.2, 0.25) is 0 Å². The van der Waals surface area contributed by atoms with E-state index in [9.17, 15) is 24.0 Å². The molecule has 156 valence electrons. The molecule has 2 fully saturated rings. The molecule has 0 unspecified atom stereocenters. The van der Waals surface area contributed by atoms with E-state index < -0.39 is 48.0 Å². The number of urea groups is 2. The Morgan fingerprint density at radius 1 is 1.11 bits per heavy atom. The number of esters is 1. The predicted octanol–water partition coefficient (Wildman–Crippen LogP) is 0.749. The highest BCUT2D eigenvalue weighted by molar-refractivity contribution is 6.08. The molecule has 2 rings (SSSR count). The van der Waals surface area contributed by atoms with Crippen molar-refractivity contribution in [2.45, 2.75) is 70.6 Å². The molecule has 1 saturated heterocycles. The molecule has 1 heterocycles. The highest BCUT2D eigenvalue weighted by Crippen LogP contribution is 2.39. The lowest BCUT2D eigenvalue weighted by molar-refractivity contribution is -0.156. The summed E-state index contributed by atoms with van der Waals surface area (Å²) in [7, 11) is 1.57. The summed E-state index contributed by atoms with van der Waals surface area (Å²) < 4.78 is 4.99. The van der Waals surface area contributed by atoms with Gasteiger partial charge in [0.15, 0.2) is 6.10 Å². The first-order valence-electron chi connectivity index (χ1n) is 9.49. The Balaban J connectivity index is 1.93. The number of amides is 6. The number of carbonyl (C=O) groups is 5. The van der Waals surface area contributed by atoms with Crippen LogP contribution in [0.25, 0.3) is 0 Å². The quantitative estimate of drug-likeness (QED) is 0.522. The van der Waals surface area contributed by atoms with Crippen molar-refractivity contribution in [3.8, 4) is 0 Å². The lowest BCUT2D eigenvalue weighted by Crippen LogP contribution is -2.49. The molecule has 2 aliphatic rings. The van der Waals surface area contributed by atoms with E-state index in [0.29, 0.717) is 12.8 Å². The monoisotopic (exact) mass is 396 g/mol. The van der Waals surface area contributed by atoms with Crippen molar-refractivity contribution < 1.29 is 28.7 Å². The van der Waals surface area contributed by atoms with Crippen molar-refractivity contribution in [3.05, 3.63) is 0 Å². The summed E-state index contributed by atoms with van der Waals surface area (Å²) in [6.45, 7) is 4.19. The van der Waals surface area contributed by atoms with Gasteiger partial charge in [0.25, 0.3) is 11.8 Å². The van der Waals surface area contributed by atoms with Crippen LogP contribution in [0.2, 0.25) is 0 Å². The van der Waals surface area contributed by atoms with Crippen LogP contribution >= 0.6 is 0 Å². The molecule has 0 bridgehead atoms. The van der Waals surface area contributed by atoms with Gasteiger partial charge in [-0.3, -0.25) is 24.6 Å². The first-order chi connectivity index (χ1) is 13.1. The number of hydrogen-bond donors (Lipinski definition) is 2. The van der Waals surface area contributed by atoms with Gasteiger partial charge in [-0.25, -0.2) is 9.59 Å². The van der Waals surface area contributed by atoms with Crippen LogP contribution in [0, 0.1) is 0 Å². The Bertz CT molecular complexity index is 671. The van der Waals surface area contributed by atoms with Gasteiger partial charge in [0, 0.05) is 13.1 Å². The van der Waals surface area contributed by atoms with Gasteiger partial charge < -0.3 is 15.0 Å². The molecule has 2 N–H and O–H groups in total. The molecule has 0 aromatic rings. The van der Waals surface area contributed by atoms with Gasteiger partial charge in [-0.2, -0.15) is 0 Å². The van der Waals surface area contributed by atoms with E-state index >= 15 is 0 Å².